The van der Waals surface area contributed by atoms with Crippen molar-refractivity contribution in [1.29, 1.82) is 0 Å². The summed E-state index contributed by atoms with van der Waals surface area (Å²) in [7, 11) is 8.54. The smallest absolute Gasteiger partial charge is 0.192 e. The Balaban J connectivity index is 2.51. The molecule has 0 amide bonds. The lowest BCUT2D eigenvalue weighted by atomic mass is 9.97. The van der Waals surface area contributed by atoms with E-state index in [1.165, 1.54) is 14.2 Å². The molecule has 30 heavy (non-hydrogen) atoms. The van der Waals surface area contributed by atoms with Gasteiger partial charge in [-0.2, -0.15) is 0 Å². The Bertz CT molecular complexity index is 918. The first-order chi connectivity index (χ1) is 14.4. The van der Waals surface area contributed by atoms with Gasteiger partial charge in [0.2, 0.25) is 0 Å². The normalized spacial score (nSPS) is 11.1. The Morgan fingerprint density at radius 3 is 2.07 bits per heavy atom. The summed E-state index contributed by atoms with van der Waals surface area (Å²) in [5.74, 6) is 2.13. The number of carbonyl (C=O) groups excluding carboxylic acids is 1. The van der Waals surface area contributed by atoms with Crippen molar-refractivity contribution in [3.05, 3.63) is 47.0 Å². The molecule has 162 valence electrons. The SMILES string of the molecule is CCOc1ccc(C=C(CC)C(=O)c2cc(OC)c(OC)cc2OC)cc1N(C)C. The van der Waals surface area contributed by atoms with Gasteiger partial charge in [0.1, 0.15) is 11.5 Å². The zero-order chi connectivity index (χ0) is 22.3. The van der Waals surface area contributed by atoms with E-state index < -0.39 is 0 Å². The Morgan fingerprint density at radius 1 is 0.900 bits per heavy atom. The summed E-state index contributed by atoms with van der Waals surface area (Å²) in [5, 5.41) is 0. The lowest BCUT2D eigenvalue weighted by Gasteiger charge is -2.18. The van der Waals surface area contributed by atoms with Crippen molar-refractivity contribution in [2.45, 2.75) is 20.3 Å². The molecule has 0 radical (unpaired) electrons. The van der Waals surface area contributed by atoms with E-state index in [0.717, 1.165) is 17.0 Å². The second-order valence-electron chi connectivity index (χ2n) is 6.81. The summed E-state index contributed by atoms with van der Waals surface area (Å²) in [6, 6.07) is 9.22. The summed E-state index contributed by atoms with van der Waals surface area (Å²) in [6.07, 6.45) is 2.47. The first kappa shape index (κ1) is 23.1. The van der Waals surface area contributed by atoms with E-state index in [1.807, 2.05) is 57.1 Å². The van der Waals surface area contributed by atoms with Crippen LogP contribution in [0.1, 0.15) is 36.2 Å². The van der Waals surface area contributed by atoms with Crippen LogP contribution in [0, 0.1) is 0 Å². The maximum absolute atomic E-state index is 13.3. The molecule has 0 aliphatic heterocycles. The molecule has 0 heterocycles. The Morgan fingerprint density at radius 2 is 1.53 bits per heavy atom. The maximum Gasteiger partial charge on any atom is 0.192 e. The number of nitrogens with zero attached hydrogens (tertiary/aromatic N) is 1. The van der Waals surface area contributed by atoms with Crippen LogP contribution < -0.4 is 23.8 Å². The Hall–Kier alpha value is -3.15. The van der Waals surface area contributed by atoms with E-state index in [-0.39, 0.29) is 5.78 Å². The van der Waals surface area contributed by atoms with Crippen molar-refractivity contribution in [3.63, 3.8) is 0 Å². The number of ether oxygens (including phenoxy) is 4. The molecule has 2 aromatic rings. The van der Waals surface area contributed by atoms with Gasteiger partial charge in [-0.3, -0.25) is 4.79 Å². The number of methoxy groups -OCH3 is 3. The molecule has 0 aromatic heterocycles. The second-order valence-corrected chi connectivity index (χ2v) is 6.81. The van der Waals surface area contributed by atoms with Crippen LogP contribution >= 0.6 is 0 Å². The molecule has 0 bridgehead atoms. The van der Waals surface area contributed by atoms with Crippen LogP contribution in [0.3, 0.4) is 0 Å². The number of Topliss-reactive ketones (excluding diaryl/α,β-unsaturated/α-hetero) is 1. The van der Waals surface area contributed by atoms with Crippen molar-refractivity contribution < 1.29 is 23.7 Å². The van der Waals surface area contributed by atoms with Gasteiger partial charge in [0.15, 0.2) is 17.3 Å². The highest BCUT2D eigenvalue weighted by molar-refractivity contribution is 6.13. The average molecular weight is 414 g/mol. The van der Waals surface area contributed by atoms with Crippen LogP contribution in [0.15, 0.2) is 35.9 Å². The third-order valence-corrected chi connectivity index (χ3v) is 4.73. The van der Waals surface area contributed by atoms with E-state index >= 15 is 0 Å². The minimum atomic E-state index is -0.115. The molecule has 0 fully saturated rings. The zero-order valence-corrected chi connectivity index (χ0v) is 18.9. The average Bonchev–Trinajstić information content (AvgIpc) is 2.76. The summed E-state index contributed by atoms with van der Waals surface area (Å²) in [5.41, 5.74) is 2.97. The fourth-order valence-corrected chi connectivity index (χ4v) is 3.16. The number of carbonyl (C=O) groups is 1. The number of hydrogen-bond acceptors (Lipinski definition) is 6. The van der Waals surface area contributed by atoms with Crippen LogP contribution in [-0.2, 0) is 0 Å². The molecule has 2 aromatic carbocycles. The number of rotatable bonds is 10. The fourth-order valence-electron chi connectivity index (χ4n) is 3.16. The van der Waals surface area contributed by atoms with Crippen molar-refractivity contribution in [3.8, 4) is 23.0 Å². The lowest BCUT2D eigenvalue weighted by Crippen LogP contribution is -2.11. The van der Waals surface area contributed by atoms with Gasteiger partial charge in [0.05, 0.1) is 39.2 Å². The van der Waals surface area contributed by atoms with Crippen LogP contribution in [-0.4, -0.2) is 47.8 Å². The van der Waals surface area contributed by atoms with Crippen molar-refractivity contribution in [2.24, 2.45) is 0 Å². The highest BCUT2D eigenvalue weighted by Gasteiger charge is 2.20. The van der Waals surface area contributed by atoms with Crippen LogP contribution in [0.25, 0.3) is 6.08 Å². The van der Waals surface area contributed by atoms with E-state index in [9.17, 15) is 4.79 Å². The molecule has 0 spiro atoms. The third kappa shape index (κ3) is 5.06. The molecular weight excluding hydrogens is 382 g/mol. The van der Waals surface area contributed by atoms with Crippen molar-refractivity contribution in [1.82, 2.24) is 0 Å². The van der Waals surface area contributed by atoms with Gasteiger partial charge in [-0.05, 0) is 43.2 Å². The predicted octanol–water partition coefficient (Wildman–Crippen LogP) is 4.85. The number of hydrogen-bond donors (Lipinski definition) is 0. The largest absolute Gasteiger partial charge is 0.496 e. The topological polar surface area (TPSA) is 57.2 Å². The molecule has 6 nitrogen and oxygen atoms in total. The summed E-state index contributed by atoms with van der Waals surface area (Å²) in [6.45, 7) is 4.50. The van der Waals surface area contributed by atoms with Gasteiger partial charge in [0.25, 0.3) is 0 Å². The fraction of sp³-hybridized carbons (Fsp3) is 0.375. The van der Waals surface area contributed by atoms with Gasteiger partial charge in [-0.25, -0.2) is 0 Å². The molecule has 0 aliphatic rings. The van der Waals surface area contributed by atoms with Crippen LogP contribution in [0.5, 0.6) is 23.0 Å². The standard InChI is InChI=1S/C24H31NO5/c1-8-17(12-16-10-11-20(30-9-2)19(13-16)25(3)4)24(26)18-14-22(28-6)23(29-7)15-21(18)27-5/h10-15H,8-9H2,1-7H3. The maximum atomic E-state index is 13.3. The molecule has 0 saturated heterocycles. The second kappa shape index (κ2) is 10.6. The molecule has 6 heteroatoms. The number of anilines is 1. The molecule has 0 saturated carbocycles. The van der Waals surface area contributed by atoms with E-state index in [1.54, 1.807) is 19.2 Å². The summed E-state index contributed by atoms with van der Waals surface area (Å²) < 4.78 is 21.8. The number of ketones is 1. The molecular formula is C24H31NO5. The van der Waals surface area contributed by atoms with Gasteiger partial charge >= 0.3 is 0 Å². The molecule has 0 aliphatic carbocycles. The minimum absolute atomic E-state index is 0.115. The van der Waals surface area contributed by atoms with E-state index in [4.69, 9.17) is 18.9 Å². The lowest BCUT2D eigenvalue weighted by molar-refractivity contribution is 0.102. The first-order valence-corrected chi connectivity index (χ1v) is 9.89. The first-order valence-electron chi connectivity index (χ1n) is 9.89. The van der Waals surface area contributed by atoms with E-state index in [0.29, 0.717) is 41.4 Å². The highest BCUT2D eigenvalue weighted by atomic mass is 16.5. The zero-order valence-electron chi connectivity index (χ0n) is 18.9. The molecule has 0 atom stereocenters. The molecule has 2 rings (SSSR count). The Kier molecular flexibility index (Phi) is 8.16. The monoisotopic (exact) mass is 413 g/mol. The molecule has 0 unspecified atom stereocenters. The number of allylic oxidation sites excluding steroid dienone is 1. The van der Waals surface area contributed by atoms with Crippen LogP contribution in [0.2, 0.25) is 0 Å². The molecule has 0 N–H and O–H groups in total. The van der Waals surface area contributed by atoms with Crippen molar-refractivity contribution in [2.75, 3.05) is 46.9 Å². The van der Waals surface area contributed by atoms with Gasteiger partial charge in [-0.1, -0.05) is 13.0 Å². The van der Waals surface area contributed by atoms with Gasteiger partial charge in [0, 0.05) is 25.7 Å². The summed E-state index contributed by atoms with van der Waals surface area (Å²) >= 11 is 0. The quantitative estimate of drug-likeness (QED) is 0.410. The Labute approximate surface area is 179 Å². The number of benzene rings is 2. The third-order valence-electron chi connectivity index (χ3n) is 4.73. The predicted molar refractivity (Wildman–Crippen MR) is 121 cm³/mol. The van der Waals surface area contributed by atoms with E-state index in [2.05, 4.69) is 0 Å². The highest BCUT2D eigenvalue weighted by Crippen LogP contribution is 2.36. The van der Waals surface area contributed by atoms with Gasteiger partial charge in [-0.15, -0.1) is 0 Å². The van der Waals surface area contributed by atoms with Crippen LogP contribution in [0.4, 0.5) is 5.69 Å². The minimum Gasteiger partial charge on any atom is -0.496 e. The summed E-state index contributed by atoms with van der Waals surface area (Å²) in [4.78, 5) is 15.3. The van der Waals surface area contributed by atoms with Gasteiger partial charge < -0.3 is 23.8 Å². The van der Waals surface area contributed by atoms with Crippen molar-refractivity contribution >= 4 is 17.5 Å².